The van der Waals surface area contributed by atoms with Crippen LogP contribution >= 0.6 is 11.8 Å². The molecular weight excluding hydrogens is 350 g/mol. The van der Waals surface area contributed by atoms with Crippen LogP contribution in [0.4, 0.5) is 11.5 Å². The Morgan fingerprint density at radius 1 is 1.42 bits per heavy atom. The topological polar surface area (TPSA) is 75.4 Å². The number of rotatable bonds is 5. The molecule has 138 valence electrons. The van der Waals surface area contributed by atoms with Crippen molar-refractivity contribution < 1.29 is 14.1 Å². The van der Waals surface area contributed by atoms with Crippen LogP contribution < -0.4 is 10.2 Å². The average molecular weight is 373 g/mol. The van der Waals surface area contributed by atoms with Gasteiger partial charge in [-0.1, -0.05) is 23.4 Å². The number of carbonyl (C=O) groups excluding carboxylic acids is 2. The van der Waals surface area contributed by atoms with Crippen LogP contribution in [0.5, 0.6) is 0 Å². The van der Waals surface area contributed by atoms with Crippen LogP contribution in [-0.2, 0) is 16.0 Å². The Morgan fingerprint density at radius 3 is 2.92 bits per heavy atom. The summed E-state index contributed by atoms with van der Waals surface area (Å²) in [5, 5.41) is 6.08. The molecule has 2 aromatic rings. The van der Waals surface area contributed by atoms with Crippen molar-refractivity contribution in [3.8, 4) is 0 Å². The second kappa shape index (κ2) is 7.95. The van der Waals surface area contributed by atoms with Crippen LogP contribution in [0.3, 0.4) is 0 Å². The average Bonchev–Trinajstić information content (AvgIpc) is 3.04. The van der Waals surface area contributed by atoms with Crippen molar-refractivity contribution in [2.75, 3.05) is 16.0 Å². The minimum Gasteiger partial charge on any atom is -0.360 e. The predicted molar refractivity (Wildman–Crippen MR) is 104 cm³/mol. The van der Waals surface area contributed by atoms with Crippen molar-refractivity contribution >= 4 is 35.1 Å². The molecule has 1 aromatic carbocycles. The number of nitrogens with one attached hydrogen (secondary N) is 1. The van der Waals surface area contributed by atoms with E-state index in [1.54, 1.807) is 19.9 Å². The first-order valence-corrected chi connectivity index (χ1v) is 9.76. The highest BCUT2D eigenvalue weighted by Crippen LogP contribution is 2.31. The number of hydrogen-bond acceptors (Lipinski definition) is 5. The van der Waals surface area contributed by atoms with E-state index in [1.165, 1.54) is 17.3 Å². The summed E-state index contributed by atoms with van der Waals surface area (Å²) < 4.78 is 4.94. The molecule has 1 aliphatic rings. The van der Waals surface area contributed by atoms with E-state index in [2.05, 4.69) is 23.5 Å². The molecule has 0 fully saturated rings. The SMILES string of the molecule is Cc1cc(NC(=O)C(C)SCC(=O)N2c3ccccc3CCC2C)no1. The first-order chi connectivity index (χ1) is 12.5. The zero-order valence-electron chi connectivity index (χ0n) is 15.2. The van der Waals surface area contributed by atoms with Gasteiger partial charge in [0.2, 0.25) is 11.8 Å². The van der Waals surface area contributed by atoms with Crippen LogP contribution in [0.1, 0.15) is 31.6 Å². The number of nitrogens with zero attached hydrogens (tertiary/aromatic N) is 2. The minimum atomic E-state index is -0.369. The molecule has 7 heteroatoms. The monoisotopic (exact) mass is 373 g/mol. The Hall–Kier alpha value is -2.28. The Bertz CT molecular complexity index is 805. The zero-order chi connectivity index (χ0) is 18.7. The van der Waals surface area contributed by atoms with Crippen molar-refractivity contribution in [3.63, 3.8) is 0 Å². The van der Waals surface area contributed by atoms with Gasteiger partial charge in [0.05, 0.1) is 11.0 Å². The van der Waals surface area contributed by atoms with Crippen molar-refractivity contribution in [2.24, 2.45) is 0 Å². The zero-order valence-corrected chi connectivity index (χ0v) is 16.0. The Labute approximate surface area is 157 Å². The third kappa shape index (κ3) is 4.09. The van der Waals surface area contributed by atoms with E-state index in [0.717, 1.165) is 18.5 Å². The number of thioether (sulfide) groups is 1. The van der Waals surface area contributed by atoms with Crippen molar-refractivity contribution in [1.82, 2.24) is 5.16 Å². The van der Waals surface area contributed by atoms with Gasteiger partial charge in [0.25, 0.3) is 0 Å². The normalized spacial score (nSPS) is 17.5. The lowest BCUT2D eigenvalue weighted by molar-refractivity contribution is -0.116. The second-order valence-corrected chi connectivity index (χ2v) is 7.87. The standard InChI is InChI=1S/C19H23N3O3S/c1-12-8-9-15-6-4-5-7-16(15)22(12)18(23)11-26-14(3)19(24)20-17-10-13(2)25-21-17/h4-7,10,12,14H,8-9,11H2,1-3H3,(H,20,21,24). The lowest BCUT2D eigenvalue weighted by Crippen LogP contribution is -2.43. The molecular formula is C19H23N3O3S. The van der Waals surface area contributed by atoms with Crippen LogP contribution in [0.15, 0.2) is 34.9 Å². The largest absolute Gasteiger partial charge is 0.360 e. The van der Waals surface area contributed by atoms with Crippen LogP contribution in [0.2, 0.25) is 0 Å². The van der Waals surface area contributed by atoms with Gasteiger partial charge < -0.3 is 14.7 Å². The molecule has 0 spiro atoms. The maximum atomic E-state index is 12.8. The Balaban J connectivity index is 1.59. The summed E-state index contributed by atoms with van der Waals surface area (Å²) in [6, 6.07) is 9.86. The summed E-state index contributed by atoms with van der Waals surface area (Å²) in [5.74, 6) is 1.12. The van der Waals surface area contributed by atoms with Gasteiger partial charge in [0.1, 0.15) is 5.76 Å². The number of carbonyl (C=O) groups is 2. The molecule has 26 heavy (non-hydrogen) atoms. The molecule has 3 rings (SSSR count). The molecule has 0 radical (unpaired) electrons. The highest BCUT2D eigenvalue weighted by molar-refractivity contribution is 8.01. The van der Waals surface area contributed by atoms with Gasteiger partial charge >= 0.3 is 0 Å². The predicted octanol–water partition coefficient (Wildman–Crippen LogP) is 3.41. The molecule has 0 bridgehead atoms. The summed E-state index contributed by atoms with van der Waals surface area (Å²) >= 11 is 1.33. The van der Waals surface area contributed by atoms with E-state index in [1.807, 2.05) is 23.1 Å². The molecule has 1 N–H and O–H groups in total. The highest BCUT2D eigenvalue weighted by Gasteiger charge is 2.28. The summed E-state index contributed by atoms with van der Waals surface area (Å²) in [4.78, 5) is 26.9. The van der Waals surface area contributed by atoms with Gasteiger partial charge in [-0.05, 0) is 45.2 Å². The summed E-state index contributed by atoms with van der Waals surface area (Å²) in [6.45, 7) is 5.62. The van der Waals surface area contributed by atoms with Crippen LogP contribution in [0, 0.1) is 6.92 Å². The molecule has 1 aliphatic heterocycles. The molecule has 6 nitrogen and oxygen atoms in total. The molecule has 2 unspecified atom stereocenters. The molecule has 2 heterocycles. The smallest absolute Gasteiger partial charge is 0.238 e. The number of hydrogen-bond donors (Lipinski definition) is 1. The van der Waals surface area contributed by atoms with E-state index in [0.29, 0.717) is 11.6 Å². The number of anilines is 2. The first-order valence-electron chi connectivity index (χ1n) is 8.71. The molecule has 2 atom stereocenters. The van der Waals surface area contributed by atoms with Crippen molar-refractivity contribution in [2.45, 2.75) is 44.9 Å². The van der Waals surface area contributed by atoms with E-state index in [-0.39, 0.29) is 28.9 Å². The van der Waals surface area contributed by atoms with Gasteiger partial charge in [-0.3, -0.25) is 9.59 Å². The molecule has 0 saturated heterocycles. The summed E-state index contributed by atoms with van der Waals surface area (Å²) in [5.41, 5.74) is 2.20. The minimum absolute atomic E-state index is 0.0339. The molecule has 0 saturated carbocycles. The fourth-order valence-electron chi connectivity index (χ4n) is 3.06. The first kappa shape index (κ1) is 18.5. The van der Waals surface area contributed by atoms with Gasteiger partial charge in [-0.2, -0.15) is 0 Å². The quantitative estimate of drug-likeness (QED) is 0.869. The van der Waals surface area contributed by atoms with Crippen LogP contribution in [0.25, 0.3) is 0 Å². The Kier molecular flexibility index (Phi) is 5.66. The Morgan fingerprint density at radius 2 is 2.19 bits per heavy atom. The lowest BCUT2D eigenvalue weighted by atomic mass is 9.97. The third-order valence-electron chi connectivity index (χ3n) is 4.50. The van der Waals surface area contributed by atoms with Gasteiger partial charge in [-0.25, -0.2) is 0 Å². The number of benzene rings is 1. The fourth-order valence-corrected chi connectivity index (χ4v) is 3.80. The van der Waals surface area contributed by atoms with Gasteiger partial charge in [-0.15, -0.1) is 11.8 Å². The number of fused-ring (bicyclic) bond motifs is 1. The number of aryl methyl sites for hydroxylation is 2. The number of aromatic nitrogens is 1. The van der Waals surface area contributed by atoms with Crippen molar-refractivity contribution in [3.05, 3.63) is 41.7 Å². The molecule has 2 amide bonds. The van der Waals surface area contributed by atoms with Gasteiger partial charge in [0, 0.05) is 17.8 Å². The van der Waals surface area contributed by atoms with E-state index < -0.39 is 0 Å². The fraction of sp³-hybridized carbons (Fsp3) is 0.421. The number of amides is 2. The molecule has 0 aliphatic carbocycles. The van der Waals surface area contributed by atoms with Gasteiger partial charge in [0.15, 0.2) is 5.82 Å². The third-order valence-corrected chi connectivity index (χ3v) is 5.63. The highest BCUT2D eigenvalue weighted by atomic mass is 32.2. The summed E-state index contributed by atoms with van der Waals surface area (Å²) in [6.07, 6.45) is 1.94. The number of para-hydroxylation sites is 1. The molecule has 1 aromatic heterocycles. The summed E-state index contributed by atoms with van der Waals surface area (Å²) in [7, 11) is 0. The maximum Gasteiger partial charge on any atom is 0.238 e. The van der Waals surface area contributed by atoms with Crippen molar-refractivity contribution in [1.29, 1.82) is 0 Å². The van der Waals surface area contributed by atoms with E-state index >= 15 is 0 Å². The second-order valence-electron chi connectivity index (χ2n) is 6.55. The van der Waals surface area contributed by atoms with E-state index in [9.17, 15) is 9.59 Å². The van der Waals surface area contributed by atoms with E-state index in [4.69, 9.17) is 4.52 Å². The maximum absolute atomic E-state index is 12.8. The van der Waals surface area contributed by atoms with Crippen LogP contribution in [-0.4, -0.2) is 34.0 Å². The lowest BCUT2D eigenvalue weighted by Gasteiger charge is -2.35.